The number of carbonyl (C=O) groups is 2. The first-order chi connectivity index (χ1) is 14.3. The van der Waals surface area contributed by atoms with Crippen molar-refractivity contribution in [3.8, 4) is 11.5 Å². The van der Waals surface area contributed by atoms with Crippen LogP contribution in [-0.4, -0.2) is 24.9 Å². The van der Waals surface area contributed by atoms with Gasteiger partial charge in [-0.1, -0.05) is 6.92 Å². The smallest absolute Gasteiger partial charge is 0.363 e. The summed E-state index contributed by atoms with van der Waals surface area (Å²) in [7, 11) is 1.49. The van der Waals surface area contributed by atoms with Crippen LogP contribution in [0.3, 0.4) is 0 Å². The zero-order chi connectivity index (χ0) is 21.8. The molecule has 30 heavy (non-hydrogen) atoms. The number of rotatable bonds is 6. The predicted molar refractivity (Wildman–Crippen MR) is 134 cm³/mol. The van der Waals surface area contributed by atoms with Gasteiger partial charge in [0.15, 0.2) is 17.2 Å². The van der Waals surface area contributed by atoms with Gasteiger partial charge in [0.2, 0.25) is 5.90 Å². The number of hydrogen-bond acceptors (Lipinski definition) is 6. The van der Waals surface area contributed by atoms with E-state index in [1.165, 1.54) is 7.11 Å². The number of hydrogen-bond donors (Lipinski definition) is 0. The van der Waals surface area contributed by atoms with Gasteiger partial charge >= 0.3 is 11.9 Å². The molecule has 0 aliphatic carbocycles. The minimum absolute atomic E-state index is 0.174. The number of ether oxygens (including phenoxy) is 3. The highest BCUT2D eigenvalue weighted by molar-refractivity contribution is 14.1. The van der Waals surface area contributed by atoms with Crippen LogP contribution in [0.15, 0.2) is 45.5 Å². The number of halogens is 3. The van der Waals surface area contributed by atoms with E-state index in [0.29, 0.717) is 39.0 Å². The summed E-state index contributed by atoms with van der Waals surface area (Å²) in [6.45, 7) is 1.91. The maximum absolute atomic E-state index is 12.3. The Morgan fingerprint density at radius 2 is 2.00 bits per heavy atom. The van der Waals surface area contributed by atoms with Gasteiger partial charge < -0.3 is 14.2 Å². The lowest BCUT2D eigenvalue weighted by atomic mass is 10.1. The molecule has 1 aliphatic heterocycles. The van der Waals surface area contributed by atoms with Crippen molar-refractivity contribution in [2.45, 2.75) is 19.8 Å². The van der Waals surface area contributed by atoms with Gasteiger partial charge in [-0.15, -0.1) is 0 Å². The summed E-state index contributed by atoms with van der Waals surface area (Å²) in [5.74, 6) is 0.148. The highest BCUT2D eigenvalue weighted by Crippen LogP contribution is 2.35. The molecule has 1 aliphatic rings. The van der Waals surface area contributed by atoms with E-state index in [0.717, 1.165) is 8.04 Å². The number of aliphatic imine (C=N–C) groups is 1. The molecule has 0 spiro atoms. The van der Waals surface area contributed by atoms with Crippen LogP contribution in [0.25, 0.3) is 6.08 Å². The van der Waals surface area contributed by atoms with Gasteiger partial charge in [-0.3, -0.25) is 4.79 Å². The van der Waals surface area contributed by atoms with Gasteiger partial charge in [-0.2, -0.15) is 0 Å². The molecular formula is C21H16BrI2NO5. The van der Waals surface area contributed by atoms with Crippen molar-refractivity contribution in [1.29, 1.82) is 0 Å². The molecule has 2 aromatic carbocycles. The maximum Gasteiger partial charge on any atom is 0.363 e. The lowest BCUT2D eigenvalue weighted by molar-refractivity contribution is -0.134. The fourth-order valence-corrected chi connectivity index (χ4v) is 4.06. The van der Waals surface area contributed by atoms with E-state index in [1.54, 1.807) is 18.2 Å². The van der Waals surface area contributed by atoms with E-state index in [-0.39, 0.29) is 17.6 Å². The SMILES string of the molecule is CCCC(=O)Oc1c(I)cc(/C=C2\N=C(c3ccc(I)c(Br)c3)OC2=O)cc1OC. The summed E-state index contributed by atoms with van der Waals surface area (Å²) in [4.78, 5) is 28.5. The van der Waals surface area contributed by atoms with Crippen LogP contribution in [0.5, 0.6) is 11.5 Å². The van der Waals surface area contributed by atoms with E-state index in [1.807, 2.05) is 25.1 Å². The van der Waals surface area contributed by atoms with Crippen LogP contribution in [0.1, 0.15) is 30.9 Å². The highest BCUT2D eigenvalue weighted by Gasteiger charge is 2.25. The molecule has 1 heterocycles. The van der Waals surface area contributed by atoms with E-state index >= 15 is 0 Å². The zero-order valence-electron chi connectivity index (χ0n) is 16.0. The van der Waals surface area contributed by atoms with Crippen molar-refractivity contribution >= 4 is 85.0 Å². The second kappa shape index (κ2) is 10.2. The van der Waals surface area contributed by atoms with Crippen molar-refractivity contribution in [1.82, 2.24) is 0 Å². The molecule has 0 saturated heterocycles. The van der Waals surface area contributed by atoms with Crippen LogP contribution in [0.2, 0.25) is 0 Å². The molecular weight excluding hydrogens is 680 g/mol. The monoisotopic (exact) mass is 695 g/mol. The molecule has 0 radical (unpaired) electrons. The Bertz CT molecular complexity index is 1080. The molecule has 9 heteroatoms. The quantitative estimate of drug-likeness (QED) is 0.168. The molecule has 6 nitrogen and oxygen atoms in total. The number of benzene rings is 2. The summed E-state index contributed by atoms with van der Waals surface area (Å²) in [5.41, 5.74) is 1.55. The average molecular weight is 696 g/mol. The second-order valence-electron chi connectivity index (χ2n) is 6.22. The third kappa shape index (κ3) is 5.41. The highest BCUT2D eigenvalue weighted by atomic mass is 127. The Morgan fingerprint density at radius 3 is 2.67 bits per heavy atom. The molecule has 0 fully saturated rings. The van der Waals surface area contributed by atoms with Gasteiger partial charge in [0.1, 0.15) is 0 Å². The topological polar surface area (TPSA) is 74.2 Å². The van der Waals surface area contributed by atoms with E-state index < -0.39 is 5.97 Å². The van der Waals surface area contributed by atoms with Crippen LogP contribution < -0.4 is 9.47 Å². The van der Waals surface area contributed by atoms with Gasteiger partial charge in [0.05, 0.1) is 10.7 Å². The first-order valence-corrected chi connectivity index (χ1v) is 11.8. The van der Waals surface area contributed by atoms with Crippen LogP contribution >= 0.6 is 61.1 Å². The van der Waals surface area contributed by atoms with Crippen molar-refractivity contribution < 1.29 is 23.8 Å². The molecule has 2 aromatic rings. The zero-order valence-corrected chi connectivity index (χ0v) is 21.9. The second-order valence-corrected chi connectivity index (χ2v) is 9.40. The molecule has 0 atom stereocenters. The molecule has 0 aromatic heterocycles. The van der Waals surface area contributed by atoms with Crippen molar-refractivity contribution in [2.75, 3.05) is 7.11 Å². The number of carbonyl (C=O) groups excluding carboxylic acids is 2. The first-order valence-electron chi connectivity index (χ1n) is 8.88. The summed E-state index contributed by atoms with van der Waals surface area (Å²) in [6, 6.07) is 9.07. The Labute approximate surface area is 209 Å². The Morgan fingerprint density at radius 1 is 1.23 bits per heavy atom. The predicted octanol–water partition coefficient (Wildman–Crippen LogP) is 5.72. The largest absolute Gasteiger partial charge is 0.493 e. The van der Waals surface area contributed by atoms with Crippen LogP contribution in [0.4, 0.5) is 0 Å². The third-order valence-electron chi connectivity index (χ3n) is 4.01. The van der Waals surface area contributed by atoms with Crippen molar-refractivity contribution in [2.24, 2.45) is 4.99 Å². The standard InChI is InChI=1S/C21H16BrI2NO5/c1-3-4-18(26)29-19-15(24)7-11(9-17(19)28-2)8-16-21(27)30-20(25-16)12-5-6-14(23)13(22)10-12/h5-10H,3-4H2,1-2H3/b16-8-. The molecule has 0 unspecified atom stereocenters. The van der Waals surface area contributed by atoms with E-state index in [4.69, 9.17) is 14.2 Å². The van der Waals surface area contributed by atoms with Crippen molar-refractivity contribution in [3.05, 3.63) is 58.8 Å². The first kappa shape index (κ1) is 23.2. The maximum atomic E-state index is 12.3. The number of cyclic esters (lactones) is 1. The van der Waals surface area contributed by atoms with Gasteiger partial charge in [0, 0.05) is 20.0 Å². The van der Waals surface area contributed by atoms with Gasteiger partial charge in [0.25, 0.3) is 0 Å². The molecule has 0 saturated carbocycles. The minimum atomic E-state index is -0.535. The minimum Gasteiger partial charge on any atom is -0.493 e. The summed E-state index contributed by atoms with van der Waals surface area (Å²) >= 11 is 7.73. The summed E-state index contributed by atoms with van der Waals surface area (Å²) in [6.07, 6.45) is 2.63. The summed E-state index contributed by atoms with van der Waals surface area (Å²) < 4.78 is 18.8. The van der Waals surface area contributed by atoms with E-state index in [2.05, 4.69) is 66.1 Å². The Hall–Kier alpha value is -1.47. The summed E-state index contributed by atoms with van der Waals surface area (Å²) in [5, 5.41) is 0. The van der Waals surface area contributed by atoms with Gasteiger partial charge in [-0.05, 0) is 110 Å². The molecule has 156 valence electrons. The number of methoxy groups -OCH3 is 1. The average Bonchev–Trinajstić information content (AvgIpc) is 3.06. The third-order valence-corrected chi connectivity index (χ3v) is 7.15. The Balaban J connectivity index is 1.92. The molecule has 0 N–H and O–H groups in total. The number of nitrogens with zero attached hydrogens (tertiary/aromatic N) is 1. The van der Waals surface area contributed by atoms with E-state index in [9.17, 15) is 9.59 Å². The Kier molecular flexibility index (Phi) is 7.91. The van der Waals surface area contributed by atoms with Crippen LogP contribution in [-0.2, 0) is 14.3 Å². The fraction of sp³-hybridized carbons (Fsp3) is 0.190. The lowest BCUT2D eigenvalue weighted by Crippen LogP contribution is -2.09. The molecule has 0 amide bonds. The normalized spacial score (nSPS) is 14.5. The van der Waals surface area contributed by atoms with Crippen LogP contribution in [0, 0.1) is 7.14 Å². The lowest BCUT2D eigenvalue weighted by Gasteiger charge is -2.12. The number of esters is 2. The van der Waals surface area contributed by atoms with Crippen molar-refractivity contribution in [3.63, 3.8) is 0 Å². The van der Waals surface area contributed by atoms with Gasteiger partial charge in [-0.25, -0.2) is 9.79 Å². The molecule has 0 bridgehead atoms. The fourth-order valence-electron chi connectivity index (χ4n) is 2.61. The molecule has 3 rings (SSSR count).